The molecule has 0 bridgehead atoms. The lowest BCUT2D eigenvalue weighted by Crippen LogP contribution is -2.32. The molecular weight excluding hydrogens is 298 g/mol. The van der Waals surface area contributed by atoms with Crippen LogP contribution in [0.4, 0.5) is 0 Å². The van der Waals surface area contributed by atoms with Gasteiger partial charge in [0, 0.05) is 24.2 Å². The minimum Gasteiger partial charge on any atom is -0.497 e. The molecule has 0 amide bonds. The van der Waals surface area contributed by atoms with Crippen molar-refractivity contribution in [2.45, 2.75) is 44.2 Å². The highest BCUT2D eigenvalue weighted by molar-refractivity contribution is 5.40. The smallest absolute Gasteiger partial charge is 0.127 e. The third-order valence-electron chi connectivity index (χ3n) is 5.07. The molecule has 128 valence electrons. The van der Waals surface area contributed by atoms with Gasteiger partial charge in [0.25, 0.3) is 0 Å². The fourth-order valence-electron chi connectivity index (χ4n) is 3.61. The molecule has 0 atom stereocenters. The Morgan fingerprint density at radius 3 is 2.33 bits per heavy atom. The van der Waals surface area contributed by atoms with Crippen LogP contribution in [0.5, 0.6) is 11.5 Å². The molecule has 3 heteroatoms. The Balaban J connectivity index is 1.52. The molecule has 2 aromatic carbocycles. The molecule has 24 heavy (non-hydrogen) atoms. The van der Waals surface area contributed by atoms with E-state index in [9.17, 15) is 0 Å². The summed E-state index contributed by atoms with van der Waals surface area (Å²) in [5.41, 5.74) is 2.68. The van der Waals surface area contributed by atoms with E-state index in [2.05, 4.69) is 41.7 Å². The van der Waals surface area contributed by atoms with E-state index in [4.69, 9.17) is 9.47 Å². The van der Waals surface area contributed by atoms with E-state index in [-0.39, 0.29) is 0 Å². The fraction of sp³-hybridized carbons (Fsp3) is 0.429. The van der Waals surface area contributed by atoms with Crippen molar-refractivity contribution in [3.8, 4) is 11.5 Å². The lowest BCUT2D eigenvalue weighted by Gasteiger charge is -2.29. The molecule has 0 unspecified atom stereocenters. The highest BCUT2D eigenvalue weighted by Gasteiger charge is 2.22. The third-order valence-corrected chi connectivity index (χ3v) is 5.07. The van der Waals surface area contributed by atoms with Gasteiger partial charge in [-0.2, -0.15) is 0 Å². The molecule has 0 heterocycles. The van der Waals surface area contributed by atoms with Crippen molar-refractivity contribution < 1.29 is 9.47 Å². The first-order chi connectivity index (χ1) is 11.8. The maximum atomic E-state index is 5.48. The first-order valence-corrected chi connectivity index (χ1v) is 8.79. The topological polar surface area (TPSA) is 30.5 Å². The number of hydrogen-bond acceptors (Lipinski definition) is 3. The van der Waals surface area contributed by atoms with Gasteiger partial charge >= 0.3 is 0 Å². The van der Waals surface area contributed by atoms with Gasteiger partial charge in [0.05, 0.1) is 14.2 Å². The number of hydrogen-bond donors (Lipinski definition) is 1. The quantitative estimate of drug-likeness (QED) is 0.847. The van der Waals surface area contributed by atoms with E-state index in [0.717, 1.165) is 24.0 Å². The molecule has 0 aromatic heterocycles. The number of benzene rings is 2. The molecule has 3 rings (SSSR count). The normalized spacial score (nSPS) is 20.6. The molecule has 1 saturated carbocycles. The zero-order chi connectivity index (χ0) is 16.8. The summed E-state index contributed by atoms with van der Waals surface area (Å²) in [6, 6.07) is 17.5. The summed E-state index contributed by atoms with van der Waals surface area (Å²) in [4.78, 5) is 0. The Labute approximate surface area is 145 Å². The van der Waals surface area contributed by atoms with Crippen molar-refractivity contribution in [1.29, 1.82) is 0 Å². The van der Waals surface area contributed by atoms with Crippen molar-refractivity contribution in [2.24, 2.45) is 0 Å². The zero-order valence-corrected chi connectivity index (χ0v) is 14.6. The summed E-state index contributed by atoms with van der Waals surface area (Å²) in [5, 5.41) is 3.70. The predicted molar refractivity (Wildman–Crippen MR) is 97.8 cm³/mol. The van der Waals surface area contributed by atoms with Crippen LogP contribution in [0.15, 0.2) is 48.5 Å². The van der Waals surface area contributed by atoms with Gasteiger partial charge in [-0.05, 0) is 43.2 Å². The van der Waals surface area contributed by atoms with Crippen LogP contribution in [0.3, 0.4) is 0 Å². The summed E-state index contributed by atoms with van der Waals surface area (Å²) in [6.45, 7) is 0.841. The number of methoxy groups -OCH3 is 2. The first-order valence-electron chi connectivity index (χ1n) is 8.79. The van der Waals surface area contributed by atoms with E-state index in [0.29, 0.717) is 6.04 Å². The van der Waals surface area contributed by atoms with E-state index in [1.165, 1.54) is 36.8 Å². The van der Waals surface area contributed by atoms with Gasteiger partial charge in [0.1, 0.15) is 11.5 Å². The molecule has 1 aliphatic rings. The van der Waals surface area contributed by atoms with Gasteiger partial charge in [-0.25, -0.2) is 0 Å². The Hall–Kier alpha value is -2.00. The minimum absolute atomic E-state index is 0.594. The van der Waals surface area contributed by atoms with Crippen LogP contribution in [0.2, 0.25) is 0 Å². The van der Waals surface area contributed by atoms with Gasteiger partial charge in [-0.1, -0.05) is 36.4 Å². The summed E-state index contributed by atoms with van der Waals surface area (Å²) >= 11 is 0. The zero-order valence-electron chi connectivity index (χ0n) is 14.6. The summed E-state index contributed by atoms with van der Waals surface area (Å²) in [6.07, 6.45) is 5.00. The molecule has 2 aromatic rings. The molecule has 0 radical (unpaired) electrons. The second-order valence-corrected chi connectivity index (χ2v) is 6.52. The molecule has 1 N–H and O–H groups in total. The summed E-state index contributed by atoms with van der Waals surface area (Å²) in [5.74, 6) is 2.44. The van der Waals surface area contributed by atoms with Gasteiger partial charge in [-0.15, -0.1) is 0 Å². The largest absolute Gasteiger partial charge is 0.497 e. The molecule has 0 saturated heterocycles. The van der Waals surface area contributed by atoms with Crippen LogP contribution >= 0.6 is 0 Å². The molecule has 0 aliphatic heterocycles. The van der Waals surface area contributed by atoms with Crippen LogP contribution in [-0.2, 0) is 6.54 Å². The average molecular weight is 325 g/mol. The molecule has 3 nitrogen and oxygen atoms in total. The number of ether oxygens (including phenoxy) is 2. The van der Waals surface area contributed by atoms with E-state index in [1.807, 2.05) is 12.1 Å². The Morgan fingerprint density at radius 2 is 1.67 bits per heavy atom. The summed E-state index contributed by atoms with van der Waals surface area (Å²) in [7, 11) is 3.39. The van der Waals surface area contributed by atoms with E-state index in [1.54, 1.807) is 14.2 Å². The van der Waals surface area contributed by atoms with Crippen LogP contribution in [0, 0.1) is 0 Å². The van der Waals surface area contributed by atoms with Gasteiger partial charge in [0.15, 0.2) is 0 Å². The van der Waals surface area contributed by atoms with Gasteiger partial charge < -0.3 is 14.8 Å². The minimum atomic E-state index is 0.594. The Morgan fingerprint density at radius 1 is 0.917 bits per heavy atom. The van der Waals surface area contributed by atoms with Crippen molar-refractivity contribution >= 4 is 0 Å². The van der Waals surface area contributed by atoms with Gasteiger partial charge in [-0.3, -0.25) is 0 Å². The van der Waals surface area contributed by atoms with Crippen molar-refractivity contribution in [1.82, 2.24) is 5.32 Å². The predicted octanol–water partition coefficient (Wildman–Crippen LogP) is 4.52. The van der Waals surface area contributed by atoms with E-state index >= 15 is 0 Å². The Bertz CT molecular complexity index is 634. The number of rotatable bonds is 6. The lowest BCUT2D eigenvalue weighted by atomic mass is 9.82. The molecule has 1 fully saturated rings. The van der Waals surface area contributed by atoms with Gasteiger partial charge in [0.2, 0.25) is 0 Å². The van der Waals surface area contributed by atoms with Crippen LogP contribution in [-0.4, -0.2) is 20.3 Å². The average Bonchev–Trinajstić information content (AvgIpc) is 2.67. The second-order valence-electron chi connectivity index (χ2n) is 6.52. The second kappa shape index (κ2) is 8.20. The monoisotopic (exact) mass is 325 g/mol. The fourth-order valence-corrected chi connectivity index (χ4v) is 3.61. The van der Waals surface area contributed by atoms with Crippen molar-refractivity contribution in [3.63, 3.8) is 0 Å². The van der Waals surface area contributed by atoms with Crippen molar-refractivity contribution in [3.05, 3.63) is 59.7 Å². The number of nitrogens with one attached hydrogen (secondary N) is 1. The highest BCUT2D eigenvalue weighted by atomic mass is 16.5. The molecule has 0 spiro atoms. The van der Waals surface area contributed by atoms with Crippen molar-refractivity contribution in [2.75, 3.05) is 14.2 Å². The molecular formula is C21H27NO2. The van der Waals surface area contributed by atoms with E-state index < -0.39 is 0 Å². The summed E-state index contributed by atoms with van der Waals surface area (Å²) < 4.78 is 10.7. The first kappa shape index (κ1) is 16.8. The maximum Gasteiger partial charge on any atom is 0.127 e. The third kappa shape index (κ3) is 4.09. The maximum absolute atomic E-state index is 5.48. The Kier molecular flexibility index (Phi) is 5.76. The van der Waals surface area contributed by atoms with Crippen LogP contribution < -0.4 is 14.8 Å². The SMILES string of the molecule is COc1ccc(CNC2CCC(c3ccccc3)CC2)c(OC)c1. The van der Waals surface area contributed by atoms with Crippen LogP contribution in [0.25, 0.3) is 0 Å². The highest BCUT2D eigenvalue weighted by Crippen LogP contribution is 2.33. The van der Waals surface area contributed by atoms with Crippen LogP contribution in [0.1, 0.15) is 42.7 Å². The standard InChI is InChI=1S/C21H27NO2/c1-23-20-13-10-18(21(14-20)24-2)15-22-19-11-8-17(9-12-19)16-6-4-3-5-7-16/h3-7,10,13-14,17,19,22H,8-9,11-12,15H2,1-2H3. The molecule has 1 aliphatic carbocycles. The lowest BCUT2D eigenvalue weighted by molar-refractivity contribution is 0.338.